The highest BCUT2D eigenvalue weighted by molar-refractivity contribution is 7.80. The number of hydrogen-bond acceptors (Lipinski definition) is 3. The third-order valence-electron chi connectivity index (χ3n) is 3.70. The summed E-state index contributed by atoms with van der Waals surface area (Å²) in [6.07, 6.45) is 1.77. The molecule has 4 nitrogen and oxygen atoms in total. The molecule has 0 heterocycles. The van der Waals surface area contributed by atoms with E-state index in [4.69, 9.17) is 12.2 Å². The van der Waals surface area contributed by atoms with Crippen LogP contribution in [0, 0.1) is 0 Å². The molecule has 5 heteroatoms. The first-order valence-electron chi connectivity index (χ1n) is 8.18. The molecule has 2 aromatic carbocycles. The van der Waals surface area contributed by atoms with E-state index in [1.165, 1.54) is 11.3 Å². The van der Waals surface area contributed by atoms with Gasteiger partial charge in [0.15, 0.2) is 5.11 Å². The van der Waals surface area contributed by atoms with Gasteiger partial charge in [-0.3, -0.25) is 5.43 Å². The molecule has 126 valence electrons. The summed E-state index contributed by atoms with van der Waals surface area (Å²) in [5, 5.41) is 7.81. The molecule has 0 aliphatic carbocycles. The van der Waals surface area contributed by atoms with Gasteiger partial charge in [0, 0.05) is 25.3 Å². The Labute approximate surface area is 149 Å². The third kappa shape index (κ3) is 5.66. The molecule has 0 bridgehead atoms. The van der Waals surface area contributed by atoms with Crippen LogP contribution in [-0.4, -0.2) is 24.4 Å². The van der Waals surface area contributed by atoms with Crippen LogP contribution in [0.25, 0.3) is 0 Å². The zero-order valence-electron chi connectivity index (χ0n) is 14.2. The van der Waals surface area contributed by atoms with Crippen molar-refractivity contribution in [2.75, 3.05) is 18.0 Å². The average Bonchev–Trinajstić information content (AvgIpc) is 2.63. The van der Waals surface area contributed by atoms with Crippen molar-refractivity contribution in [3.05, 3.63) is 65.7 Å². The van der Waals surface area contributed by atoms with Crippen molar-refractivity contribution in [3.8, 4) is 0 Å². The summed E-state index contributed by atoms with van der Waals surface area (Å²) in [5.74, 6) is 0. The van der Waals surface area contributed by atoms with Gasteiger partial charge in [0.05, 0.1) is 6.21 Å². The maximum atomic E-state index is 5.21. The van der Waals surface area contributed by atoms with E-state index in [0.717, 1.165) is 18.7 Å². The van der Waals surface area contributed by atoms with E-state index in [-0.39, 0.29) is 0 Å². The molecule has 0 atom stereocenters. The Morgan fingerprint density at radius 2 is 1.71 bits per heavy atom. The second-order valence-electron chi connectivity index (χ2n) is 5.30. The smallest absolute Gasteiger partial charge is 0.187 e. The first kappa shape index (κ1) is 17.9. The number of hydrazone groups is 1. The quantitative estimate of drug-likeness (QED) is 0.459. The van der Waals surface area contributed by atoms with Crippen LogP contribution in [0.4, 0.5) is 5.69 Å². The lowest BCUT2D eigenvalue weighted by Crippen LogP contribution is -2.31. The molecule has 0 aliphatic heterocycles. The van der Waals surface area contributed by atoms with E-state index in [0.29, 0.717) is 11.7 Å². The van der Waals surface area contributed by atoms with Crippen molar-refractivity contribution in [2.45, 2.75) is 20.4 Å². The zero-order chi connectivity index (χ0) is 17.2. The van der Waals surface area contributed by atoms with Gasteiger partial charge in [0.2, 0.25) is 0 Å². The average molecular weight is 340 g/mol. The second kappa shape index (κ2) is 9.67. The largest absolute Gasteiger partial charge is 0.372 e. The predicted octanol–water partition coefficient (Wildman–Crippen LogP) is 3.53. The number of nitrogens with one attached hydrogen (secondary N) is 2. The third-order valence-corrected chi connectivity index (χ3v) is 3.93. The normalized spacial score (nSPS) is 10.6. The summed E-state index contributed by atoms with van der Waals surface area (Å²) in [7, 11) is 0. The van der Waals surface area contributed by atoms with Gasteiger partial charge in [-0.05, 0) is 49.3 Å². The molecule has 0 radical (unpaired) electrons. The highest BCUT2D eigenvalue weighted by atomic mass is 32.1. The Morgan fingerprint density at radius 1 is 1.04 bits per heavy atom. The Kier molecular flexibility index (Phi) is 7.23. The van der Waals surface area contributed by atoms with Gasteiger partial charge in [-0.1, -0.05) is 42.5 Å². The minimum absolute atomic E-state index is 0.509. The van der Waals surface area contributed by atoms with E-state index in [1.54, 1.807) is 6.21 Å². The predicted molar refractivity (Wildman–Crippen MR) is 107 cm³/mol. The van der Waals surface area contributed by atoms with Crippen LogP contribution in [0.2, 0.25) is 0 Å². The molecule has 2 N–H and O–H groups in total. The second-order valence-corrected chi connectivity index (χ2v) is 5.71. The molecule has 0 aromatic heterocycles. The number of thiocarbonyl (C=S) groups is 1. The van der Waals surface area contributed by atoms with Gasteiger partial charge in [-0.25, -0.2) is 0 Å². The lowest BCUT2D eigenvalue weighted by molar-refractivity contribution is 0.866. The highest BCUT2D eigenvalue weighted by Crippen LogP contribution is 2.13. The minimum Gasteiger partial charge on any atom is -0.372 e. The Balaban J connectivity index is 1.79. The first-order valence-corrected chi connectivity index (χ1v) is 8.59. The fraction of sp³-hybridized carbons (Fsp3) is 0.263. The summed E-state index contributed by atoms with van der Waals surface area (Å²) < 4.78 is 0. The number of rotatable bonds is 7. The SMILES string of the molecule is CCN(CC)c1ccc(/C=N\NC(=S)NCc2ccccc2)cc1. The van der Waals surface area contributed by atoms with E-state index >= 15 is 0 Å². The Morgan fingerprint density at radius 3 is 2.33 bits per heavy atom. The van der Waals surface area contributed by atoms with E-state index in [1.807, 2.05) is 18.2 Å². The van der Waals surface area contributed by atoms with Gasteiger partial charge >= 0.3 is 0 Å². The van der Waals surface area contributed by atoms with Crippen molar-refractivity contribution in [3.63, 3.8) is 0 Å². The monoisotopic (exact) mass is 340 g/mol. The molecule has 0 aliphatic rings. The van der Waals surface area contributed by atoms with Crippen LogP contribution >= 0.6 is 12.2 Å². The Bertz CT molecular complexity index is 649. The van der Waals surface area contributed by atoms with E-state index in [2.05, 4.69) is 71.0 Å². The van der Waals surface area contributed by atoms with Crippen LogP contribution in [0.5, 0.6) is 0 Å². The number of hydrogen-bond donors (Lipinski definition) is 2. The molecular formula is C19H24N4S. The van der Waals surface area contributed by atoms with Crippen molar-refractivity contribution in [1.82, 2.24) is 10.7 Å². The molecular weight excluding hydrogens is 316 g/mol. The van der Waals surface area contributed by atoms with Gasteiger partial charge in [-0.2, -0.15) is 5.10 Å². The summed E-state index contributed by atoms with van der Waals surface area (Å²) in [6, 6.07) is 18.4. The summed E-state index contributed by atoms with van der Waals surface area (Å²) in [4.78, 5) is 2.31. The van der Waals surface area contributed by atoms with Crippen molar-refractivity contribution in [1.29, 1.82) is 0 Å². The standard InChI is InChI=1S/C19H24N4S/c1-3-23(4-2)18-12-10-17(11-13-18)15-21-22-19(24)20-14-16-8-6-5-7-9-16/h5-13,15H,3-4,14H2,1-2H3,(H2,20,22,24)/b21-15-. The summed E-state index contributed by atoms with van der Waals surface area (Å²) in [6.45, 7) is 7.01. The molecule has 0 saturated heterocycles. The minimum atomic E-state index is 0.509. The van der Waals surface area contributed by atoms with Crippen molar-refractivity contribution in [2.24, 2.45) is 5.10 Å². The van der Waals surface area contributed by atoms with Gasteiger partial charge in [0.1, 0.15) is 0 Å². The lowest BCUT2D eigenvalue weighted by Gasteiger charge is -2.20. The van der Waals surface area contributed by atoms with Crippen molar-refractivity contribution >= 4 is 29.2 Å². The summed E-state index contributed by atoms with van der Waals surface area (Å²) >= 11 is 5.21. The van der Waals surface area contributed by atoms with Crippen LogP contribution in [0.15, 0.2) is 59.7 Å². The van der Waals surface area contributed by atoms with Crippen LogP contribution in [0.1, 0.15) is 25.0 Å². The zero-order valence-corrected chi connectivity index (χ0v) is 15.0. The molecule has 0 saturated carbocycles. The molecule has 0 spiro atoms. The fourth-order valence-electron chi connectivity index (χ4n) is 2.34. The molecule has 2 aromatic rings. The fourth-order valence-corrected chi connectivity index (χ4v) is 2.47. The first-order chi connectivity index (χ1) is 11.7. The van der Waals surface area contributed by atoms with Crippen LogP contribution in [0.3, 0.4) is 0 Å². The topological polar surface area (TPSA) is 39.7 Å². The highest BCUT2D eigenvalue weighted by Gasteiger charge is 2.00. The number of nitrogens with zero attached hydrogens (tertiary/aromatic N) is 2. The van der Waals surface area contributed by atoms with Gasteiger partial charge < -0.3 is 10.2 Å². The number of anilines is 1. The van der Waals surface area contributed by atoms with E-state index in [9.17, 15) is 0 Å². The number of benzene rings is 2. The summed E-state index contributed by atoms with van der Waals surface area (Å²) in [5.41, 5.74) is 6.28. The molecule has 24 heavy (non-hydrogen) atoms. The van der Waals surface area contributed by atoms with Gasteiger partial charge in [-0.15, -0.1) is 0 Å². The van der Waals surface area contributed by atoms with Crippen LogP contribution in [-0.2, 0) is 6.54 Å². The maximum Gasteiger partial charge on any atom is 0.187 e. The Hall–Kier alpha value is -2.40. The van der Waals surface area contributed by atoms with E-state index < -0.39 is 0 Å². The van der Waals surface area contributed by atoms with Crippen LogP contribution < -0.4 is 15.6 Å². The molecule has 0 unspecified atom stereocenters. The van der Waals surface area contributed by atoms with Gasteiger partial charge in [0.25, 0.3) is 0 Å². The lowest BCUT2D eigenvalue weighted by atomic mass is 10.2. The molecule has 2 rings (SSSR count). The molecule has 0 fully saturated rings. The van der Waals surface area contributed by atoms with Crippen molar-refractivity contribution < 1.29 is 0 Å². The maximum absolute atomic E-state index is 5.21. The molecule has 0 amide bonds.